The molecular formula is C11H19N. The Morgan fingerprint density at radius 1 is 1.42 bits per heavy atom. The van der Waals surface area contributed by atoms with Gasteiger partial charge in [0.15, 0.2) is 0 Å². The van der Waals surface area contributed by atoms with Crippen molar-refractivity contribution in [2.75, 3.05) is 6.54 Å². The molecular weight excluding hydrogens is 146 g/mol. The smallest absolute Gasteiger partial charge is 0.0431 e. The van der Waals surface area contributed by atoms with Crippen LogP contribution in [-0.2, 0) is 0 Å². The van der Waals surface area contributed by atoms with E-state index in [-0.39, 0.29) is 0 Å². The molecule has 5 atom stereocenters. The average molecular weight is 165 g/mol. The molecule has 2 saturated heterocycles. The van der Waals surface area contributed by atoms with E-state index in [2.05, 4.69) is 18.7 Å². The van der Waals surface area contributed by atoms with Crippen molar-refractivity contribution in [3.05, 3.63) is 0 Å². The van der Waals surface area contributed by atoms with Crippen molar-refractivity contribution in [1.29, 1.82) is 0 Å². The summed E-state index contributed by atoms with van der Waals surface area (Å²) in [6.45, 7) is 6.12. The third kappa shape index (κ3) is 0.555. The van der Waals surface area contributed by atoms with Crippen LogP contribution in [0.2, 0.25) is 0 Å². The van der Waals surface area contributed by atoms with Gasteiger partial charge in [0.05, 0.1) is 0 Å². The van der Waals surface area contributed by atoms with E-state index < -0.39 is 0 Å². The highest BCUT2D eigenvalue weighted by Crippen LogP contribution is 2.75. The maximum atomic E-state index is 2.80. The number of nitrogens with zero attached hydrogens (tertiary/aromatic N) is 1. The summed E-state index contributed by atoms with van der Waals surface area (Å²) in [5, 5.41) is 0. The van der Waals surface area contributed by atoms with Gasteiger partial charge in [0.2, 0.25) is 0 Å². The normalized spacial score (nSPS) is 59.5. The second-order valence-electron chi connectivity index (χ2n) is 4.80. The van der Waals surface area contributed by atoms with Gasteiger partial charge in [0, 0.05) is 11.6 Å². The largest absolute Gasteiger partial charge is 0.291 e. The molecule has 3 fully saturated rings. The third-order valence-electron chi connectivity index (χ3n) is 4.59. The van der Waals surface area contributed by atoms with Gasteiger partial charge in [-0.1, -0.05) is 26.7 Å². The molecule has 5 unspecified atom stereocenters. The molecule has 68 valence electrons. The Balaban J connectivity index is 1.75. The molecule has 1 aliphatic carbocycles. The number of hydrogen-bond donors (Lipinski definition) is 0. The lowest BCUT2D eigenvalue weighted by atomic mass is 10.1. The van der Waals surface area contributed by atoms with Gasteiger partial charge in [-0.25, -0.2) is 0 Å². The van der Waals surface area contributed by atoms with Crippen molar-refractivity contribution < 1.29 is 0 Å². The van der Waals surface area contributed by atoms with Gasteiger partial charge < -0.3 is 0 Å². The molecule has 0 radical (unpaired) electrons. The Morgan fingerprint density at radius 3 is 2.83 bits per heavy atom. The molecule has 1 saturated carbocycles. The number of hydrogen-bond acceptors (Lipinski definition) is 1. The van der Waals surface area contributed by atoms with E-state index in [0.717, 1.165) is 23.4 Å². The van der Waals surface area contributed by atoms with Gasteiger partial charge in [0.25, 0.3) is 0 Å². The van der Waals surface area contributed by atoms with E-state index in [1.807, 2.05) is 0 Å². The first-order valence-electron chi connectivity index (χ1n) is 5.64. The Bertz CT molecular complexity index is 207. The fourth-order valence-electron chi connectivity index (χ4n) is 4.24. The lowest BCUT2D eigenvalue weighted by molar-refractivity contribution is 0.453. The first kappa shape index (κ1) is 7.37. The van der Waals surface area contributed by atoms with Crippen molar-refractivity contribution >= 4 is 0 Å². The van der Waals surface area contributed by atoms with E-state index >= 15 is 0 Å². The number of rotatable bonds is 3. The quantitative estimate of drug-likeness (QED) is 0.580. The van der Waals surface area contributed by atoms with Gasteiger partial charge in [-0.05, 0) is 31.2 Å². The summed E-state index contributed by atoms with van der Waals surface area (Å²) < 4.78 is 0. The standard InChI is InChI=1S/C11H19N/c1-3-5-10-11-8(4-2)9(11)6-7-12(10)11/h8-10H,3-7H2,1-2H3. The lowest BCUT2D eigenvalue weighted by Crippen LogP contribution is -2.03. The molecule has 1 nitrogen and oxygen atoms in total. The molecule has 0 amide bonds. The zero-order chi connectivity index (χ0) is 8.34. The summed E-state index contributed by atoms with van der Waals surface area (Å²) in [6, 6.07) is 1.02. The highest BCUT2D eigenvalue weighted by Gasteiger charge is 2.84. The van der Waals surface area contributed by atoms with Crippen molar-refractivity contribution in [2.45, 2.75) is 51.1 Å². The van der Waals surface area contributed by atoms with E-state index in [4.69, 9.17) is 0 Å². The van der Waals surface area contributed by atoms with E-state index in [1.165, 1.54) is 32.2 Å². The summed E-state index contributed by atoms with van der Waals surface area (Å²) in [6.07, 6.45) is 5.79. The van der Waals surface area contributed by atoms with Crippen molar-refractivity contribution in [2.24, 2.45) is 11.8 Å². The Labute approximate surface area is 75.1 Å². The second-order valence-corrected chi connectivity index (χ2v) is 4.80. The minimum absolute atomic E-state index is 0.796. The third-order valence-corrected chi connectivity index (χ3v) is 4.59. The van der Waals surface area contributed by atoms with Crippen LogP contribution >= 0.6 is 0 Å². The van der Waals surface area contributed by atoms with Crippen LogP contribution in [0.4, 0.5) is 0 Å². The molecule has 2 heterocycles. The molecule has 0 N–H and O–H groups in total. The van der Waals surface area contributed by atoms with Crippen molar-refractivity contribution in [1.82, 2.24) is 4.90 Å². The minimum Gasteiger partial charge on any atom is -0.291 e. The van der Waals surface area contributed by atoms with Crippen molar-refractivity contribution in [3.8, 4) is 0 Å². The summed E-state index contributed by atoms with van der Waals surface area (Å²) >= 11 is 0. The first-order valence-corrected chi connectivity index (χ1v) is 5.64. The van der Waals surface area contributed by atoms with Gasteiger partial charge in [-0.15, -0.1) is 0 Å². The Kier molecular flexibility index (Phi) is 1.27. The monoisotopic (exact) mass is 165 g/mol. The molecule has 3 aliphatic rings. The van der Waals surface area contributed by atoms with E-state index in [1.54, 1.807) is 0 Å². The molecule has 0 bridgehead atoms. The molecule has 1 heteroatoms. The van der Waals surface area contributed by atoms with Crippen LogP contribution in [0.1, 0.15) is 39.5 Å². The molecule has 0 aromatic heterocycles. The Morgan fingerprint density at radius 2 is 2.25 bits per heavy atom. The predicted octanol–water partition coefficient (Wildman–Crippen LogP) is 2.27. The zero-order valence-corrected chi connectivity index (χ0v) is 8.21. The summed E-state index contributed by atoms with van der Waals surface area (Å²) in [5.74, 6) is 2.22. The lowest BCUT2D eigenvalue weighted by Gasteiger charge is -2.00. The average Bonchev–Trinajstić information content (AvgIpc) is 2.86. The first-order chi connectivity index (χ1) is 5.87. The van der Waals surface area contributed by atoms with Crippen LogP contribution in [0.3, 0.4) is 0 Å². The maximum Gasteiger partial charge on any atom is 0.0431 e. The second kappa shape index (κ2) is 2.06. The van der Waals surface area contributed by atoms with E-state index in [0.29, 0.717) is 0 Å². The Hall–Kier alpha value is -0.0400. The van der Waals surface area contributed by atoms with Gasteiger partial charge in [-0.3, -0.25) is 4.90 Å². The molecule has 12 heavy (non-hydrogen) atoms. The van der Waals surface area contributed by atoms with Crippen LogP contribution in [0.5, 0.6) is 0 Å². The topological polar surface area (TPSA) is 3.01 Å². The summed E-state index contributed by atoms with van der Waals surface area (Å²) in [5.41, 5.74) is 0.796. The molecule has 1 spiro atoms. The van der Waals surface area contributed by atoms with Gasteiger partial charge in [-0.2, -0.15) is 0 Å². The van der Waals surface area contributed by atoms with Crippen LogP contribution in [0.15, 0.2) is 0 Å². The molecule has 0 aromatic carbocycles. The van der Waals surface area contributed by atoms with Gasteiger partial charge in [0.1, 0.15) is 0 Å². The highest BCUT2D eigenvalue weighted by molar-refractivity contribution is 5.38. The number of piperidine rings is 2. The van der Waals surface area contributed by atoms with Crippen LogP contribution in [0, 0.1) is 11.8 Å². The predicted molar refractivity (Wildman–Crippen MR) is 50.0 cm³/mol. The fraction of sp³-hybridized carbons (Fsp3) is 1.00. The molecule has 2 aliphatic heterocycles. The zero-order valence-electron chi connectivity index (χ0n) is 8.21. The fourth-order valence-corrected chi connectivity index (χ4v) is 4.24. The summed E-state index contributed by atoms with van der Waals surface area (Å²) in [7, 11) is 0. The highest BCUT2D eigenvalue weighted by atomic mass is 15.5. The summed E-state index contributed by atoms with van der Waals surface area (Å²) in [4.78, 5) is 2.80. The minimum atomic E-state index is 0.796. The van der Waals surface area contributed by atoms with Crippen LogP contribution < -0.4 is 0 Å². The SMILES string of the molecule is CCCC1N2CCC3C(CC)C312. The molecule has 3 rings (SSSR count). The van der Waals surface area contributed by atoms with Crippen LogP contribution in [0.25, 0.3) is 0 Å². The molecule has 0 aromatic rings. The van der Waals surface area contributed by atoms with E-state index in [9.17, 15) is 0 Å². The van der Waals surface area contributed by atoms with Crippen molar-refractivity contribution in [3.63, 3.8) is 0 Å². The maximum absolute atomic E-state index is 2.80. The van der Waals surface area contributed by atoms with Gasteiger partial charge >= 0.3 is 0 Å². The van der Waals surface area contributed by atoms with Crippen LogP contribution in [-0.4, -0.2) is 23.0 Å².